The number of primary amides is 1. The Kier molecular flexibility index (Phi) is 6.77. The SMILES string of the molecule is CC(C)(C)OC(=O)N1CCCC(COc2ccc(-c3nc4ccc(C(N)=O)cc4[nH]3)cc2)CC1. The average molecular weight is 465 g/mol. The predicted octanol–water partition coefficient (Wildman–Crippen LogP) is 4.74. The lowest BCUT2D eigenvalue weighted by Gasteiger charge is -2.26. The molecular formula is C26H32N4O4. The van der Waals surface area contributed by atoms with Gasteiger partial charge in [0.25, 0.3) is 0 Å². The Bertz CT molecular complexity index is 1160. The maximum absolute atomic E-state index is 12.3. The molecule has 3 N–H and O–H groups in total. The summed E-state index contributed by atoms with van der Waals surface area (Å²) >= 11 is 0. The van der Waals surface area contributed by atoms with Gasteiger partial charge in [0.05, 0.1) is 17.6 Å². The van der Waals surface area contributed by atoms with Crippen LogP contribution < -0.4 is 10.5 Å². The second kappa shape index (κ2) is 9.75. The number of aromatic amines is 1. The lowest BCUT2D eigenvalue weighted by atomic mass is 10.0. The van der Waals surface area contributed by atoms with Crippen LogP contribution in [-0.4, -0.2) is 52.2 Å². The van der Waals surface area contributed by atoms with Crippen molar-refractivity contribution in [3.05, 3.63) is 48.0 Å². The number of hydrogen-bond donors (Lipinski definition) is 2. The lowest BCUT2D eigenvalue weighted by molar-refractivity contribution is 0.0254. The third-order valence-electron chi connectivity index (χ3n) is 5.88. The van der Waals surface area contributed by atoms with Crippen molar-refractivity contribution in [1.82, 2.24) is 14.9 Å². The number of carbonyl (C=O) groups is 2. The number of H-pyrrole nitrogens is 1. The average Bonchev–Trinajstić information content (AvgIpc) is 3.06. The topological polar surface area (TPSA) is 111 Å². The molecule has 4 rings (SSSR count). The van der Waals surface area contributed by atoms with Crippen LogP contribution in [0.2, 0.25) is 0 Å². The summed E-state index contributed by atoms with van der Waals surface area (Å²) in [4.78, 5) is 33.4. The Labute approximate surface area is 199 Å². The Balaban J connectivity index is 1.32. The molecule has 1 saturated heterocycles. The number of rotatable bonds is 5. The Morgan fingerprint density at radius 3 is 2.59 bits per heavy atom. The molecule has 0 radical (unpaired) electrons. The monoisotopic (exact) mass is 464 g/mol. The third kappa shape index (κ3) is 5.87. The lowest BCUT2D eigenvalue weighted by Crippen LogP contribution is -2.37. The molecule has 2 aromatic carbocycles. The van der Waals surface area contributed by atoms with E-state index in [-0.39, 0.29) is 6.09 Å². The molecule has 1 unspecified atom stereocenters. The number of nitrogens with zero attached hydrogens (tertiary/aromatic N) is 2. The van der Waals surface area contributed by atoms with E-state index < -0.39 is 11.5 Å². The fourth-order valence-corrected chi connectivity index (χ4v) is 4.06. The molecule has 8 nitrogen and oxygen atoms in total. The Hall–Kier alpha value is -3.55. The molecule has 1 aromatic heterocycles. The zero-order valence-corrected chi connectivity index (χ0v) is 20.0. The van der Waals surface area contributed by atoms with Crippen molar-refractivity contribution in [2.45, 2.75) is 45.6 Å². The molecule has 3 aromatic rings. The number of amides is 2. The first-order valence-corrected chi connectivity index (χ1v) is 11.7. The van der Waals surface area contributed by atoms with Crippen LogP contribution in [0.15, 0.2) is 42.5 Å². The fraction of sp³-hybridized carbons (Fsp3) is 0.423. The summed E-state index contributed by atoms with van der Waals surface area (Å²) < 4.78 is 11.6. The van der Waals surface area contributed by atoms with E-state index in [2.05, 4.69) is 9.97 Å². The van der Waals surface area contributed by atoms with Gasteiger partial charge >= 0.3 is 6.09 Å². The summed E-state index contributed by atoms with van der Waals surface area (Å²) in [5, 5.41) is 0. The molecule has 2 amide bonds. The van der Waals surface area contributed by atoms with Gasteiger partial charge in [-0.1, -0.05) is 0 Å². The Morgan fingerprint density at radius 2 is 1.88 bits per heavy atom. The van der Waals surface area contributed by atoms with E-state index in [1.807, 2.05) is 45.0 Å². The second-order valence-electron chi connectivity index (χ2n) is 9.78. The molecule has 180 valence electrons. The van der Waals surface area contributed by atoms with Crippen LogP contribution in [0.3, 0.4) is 0 Å². The molecule has 1 aliphatic heterocycles. The van der Waals surface area contributed by atoms with Gasteiger partial charge in [0.2, 0.25) is 5.91 Å². The number of nitrogens with two attached hydrogens (primary N) is 1. The number of fused-ring (bicyclic) bond motifs is 1. The maximum Gasteiger partial charge on any atom is 0.410 e. The first kappa shape index (κ1) is 23.6. The quantitative estimate of drug-likeness (QED) is 0.566. The van der Waals surface area contributed by atoms with Crippen LogP contribution >= 0.6 is 0 Å². The van der Waals surface area contributed by atoms with E-state index in [1.54, 1.807) is 23.1 Å². The molecule has 1 atom stereocenters. The van der Waals surface area contributed by atoms with E-state index in [0.29, 0.717) is 30.5 Å². The number of imidazole rings is 1. The van der Waals surface area contributed by atoms with Crippen LogP contribution in [0.1, 0.15) is 50.4 Å². The molecule has 1 aliphatic rings. The molecule has 0 saturated carbocycles. The highest BCUT2D eigenvalue weighted by atomic mass is 16.6. The van der Waals surface area contributed by atoms with Crippen molar-refractivity contribution >= 4 is 23.0 Å². The van der Waals surface area contributed by atoms with Gasteiger partial charge in [-0.05, 0) is 88.4 Å². The fourth-order valence-electron chi connectivity index (χ4n) is 4.06. The first-order chi connectivity index (χ1) is 16.2. The van der Waals surface area contributed by atoms with Crippen LogP contribution in [-0.2, 0) is 4.74 Å². The van der Waals surface area contributed by atoms with Crippen molar-refractivity contribution in [1.29, 1.82) is 0 Å². The van der Waals surface area contributed by atoms with Crippen molar-refractivity contribution < 1.29 is 19.1 Å². The molecule has 0 bridgehead atoms. The summed E-state index contributed by atoms with van der Waals surface area (Å²) in [7, 11) is 0. The van der Waals surface area contributed by atoms with Gasteiger partial charge in [-0.15, -0.1) is 0 Å². The van der Waals surface area contributed by atoms with Crippen molar-refractivity contribution in [2.75, 3.05) is 19.7 Å². The van der Waals surface area contributed by atoms with Crippen molar-refractivity contribution in [2.24, 2.45) is 11.7 Å². The number of aromatic nitrogens is 2. The van der Waals surface area contributed by atoms with Crippen LogP contribution in [0.5, 0.6) is 5.75 Å². The van der Waals surface area contributed by atoms with Gasteiger partial charge < -0.3 is 25.1 Å². The van der Waals surface area contributed by atoms with E-state index >= 15 is 0 Å². The largest absolute Gasteiger partial charge is 0.493 e. The van der Waals surface area contributed by atoms with Crippen molar-refractivity contribution in [3.8, 4) is 17.1 Å². The van der Waals surface area contributed by atoms with Gasteiger partial charge in [0.1, 0.15) is 17.2 Å². The second-order valence-corrected chi connectivity index (χ2v) is 9.78. The minimum Gasteiger partial charge on any atom is -0.493 e. The maximum atomic E-state index is 12.3. The molecule has 2 heterocycles. The summed E-state index contributed by atoms with van der Waals surface area (Å²) in [6, 6.07) is 12.9. The highest BCUT2D eigenvalue weighted by molar-refractivity contribution is 5.96. The summed E-state index contributed by atoms with van der Waals surface area (Å²) in [6.07, 6.45) is 2.62. The third-order valence-corrected chi connectivity index (χ3v) is 5.88. The molecule has 34 heavy (non-hydrogen) atoms. The summed E-state index contributed by atoms with van der Waals surface area (Å²) in [5.41, 5.74) is 7.79. The molecule has 8 heteroatoms. The van der Waals surface area contributed by atoms with E-state index in [0.717, 1.165) is 48.2 Å². The number of benzene rings is 2. The van der Waals surface area contributed by atoms with E-state index in [9.17, 15) is 9.59 Å². The van der Waals surface area contributed by atoms with Gasteiger partial charge in [-0.25, -0.2) is 9.78 Å². The van der Waals surface area contributed by atoms with Crippen LogP contribution in [0.4, 0.5) is 4.79 Å². The zero-order chi connectivity index (χ0) is 24.3. The van der Waals surface area contributed by atoms with Crippen molar-refractivity contribution in [3.63, 3.8) is 0 Å². The van der Waals surface area contributed by atoms with E-state index in [4.69, 9.17) is 15.2 Å². The number of hydrogen-bond acceptors (Lipinski definition) is 5. The number of carbonyl (C=O) groups excluding carboxylic acids is 2. The minimum absolute atomic E-state index is 0.235. The highest BCUT2D eigenvalue weighted by Crippen LogP contribution is 2.25. The molecular weight excluding hydrogens is 432 g/mol. The smallest absolute Gasteiger partial charge is 0.410 e. The van der Waals surface area contributed by atoms with Crippen LogP contribution in [0, 0.1) is 5.92 Å². The normalized spacial score (nSPS) is 16.8. The molecule has 0 spiro atoms. The molecule has 0 aliphatic carbocycles. The van der Waals surface area contributed by atoms with Gasteiger partial charge in [0.15, 0.2) is 0 Å². The summed E-state index contributed by atoms with van der Waals surface area (Å²) in [6.45, 7) is 7.68. The van der Waals surface area contributed by atoms with E-state index in [1.165, 1.54) is 0 Å². The standard InChI is InChI=1S/C26H32N4O4/c1-26(2,3)34-25(32)30-13-4-5-17(12-14-30)16-33-20-9-6-18(7-10-20)24-28-21-11-8-19(23(27)31)15-22(21)29-24/h6-11,15,17H,4-5,12-14,16H2,1-3H3,(H2,27,31)(H,28,29). The Morgan fingerprint density at radius 1 is 1.12 bits per heavy atom. The number of likely N-dealkylation sites (tertiary alicyclic amines) is 1. The van der Waals surface area contributed by atoms with Gasteiger partial charge in [-0.3, -0.25) is 4.79 Å². The van der Waals surface area contributed by atoms with Gasteiger partial charge in [0, 0.05) is 24.2 Å². The first-order valence-electron chi connectivity index (χ1n) is 11.7. The number of nitrogens with one attached hydrogen (secondary N) is 1. The van der Waals surface area contributed by atoms with Gasteiger partial charge in [-0.2, -0.15) is 0 Å². The molecule has 1 fully saturated rings. The van der Waals surface area contributed by atoms with Crippen LogP contribution in [0.25, 0.3) is 22.4 Å². The zero-order valence-electron chi connectivity index (χ0n) is 20.0. The predicted molar refractivity (Wildman–Crippen MR) is 131 cm³/mol. The minimum atomic E-state index is -0.479. The summed E-state index contributed by atoms with van der Waals surface area (Å²) in [5.74, 6) is 1.44. The highest BCUT2D eigenvalue weighted by Gasteiger charge is 2.25. The number of ether oxygens (including phenoxy) is 2.